The van der Waals surface area contributed by atoms with Crippen LogP contribution in [0.4, 0.5) is 5.13 Å². The van der Waals surface area contributed by atoms with Crippen LogP contribution in [0.15, 0.2) is 5.38 Å². The molecular formula is C18H30N4O2S. The predicted molar refractivity (Wildman–Crippen MR) is 102 cm³/mol. The Balaban J connectivity index is 1.63. The maximum absolute atomic E-state index is 12.0. The molecule has 25 heavy (non-hydrogen) atoms. The van der Waals surface area contributed by atoms with E-state index in [0.717, 1.165) is 6.54 Å². The highest BCUT2D eigenvalue weighted by molar-refractivity contribution is 7.13. The van der Waals surface area contributed by atoms with Gasteiger partial charge in [-0.25, -0.2) is 4.98 Å². The Kier molecular flexibility index (Phi) is 8.34. The largest absolute Gasteiger partial charge is 0.354 e. The minimum absolute atomic E-state index is 0.0327. The highest BCUT2D eigenvalue weighted by Crippen LogP contribution is 2.17. The zero-order valence-corrected chi connectivity index (χ0v) is 16.1. The molecule has 2 rings (SSSR count). The number of nitrogens with one attached hydrogen (secondary N) is 3. The molecule has 1 heterocycles. The lowest BCUT2D eigenvalue weighted by Gasteiger charge is -2.16. The molecule has 0 unspecified atom stereocenters. The van der Waals surface area contributed by atoms with Gasteiger partial charge in [0.2, 0.25) is 11.8 Å². The van der Waals surface area contributed by atoms with Crippen LogP contribution < -0.4 is 16.0 Å². The van der Waals surface area contributed by atoms with Gasteiger partial charge in [-0.1, -0.05) is 39.5 Å². The summed E-state index contributed by atoms with van der Waals surface area (Å²) in [5, 5.41) is 11.6. The Bertz CT molecular complexity index is 551. The Morgan fingerprint density at radius 2 is 1.92 bits per heavy atom. The van der Waals surface area contributed by atoms with Crippen LogP contribution in [0, 0.1) is 5.92 Å². The summed E-state index contributed by atoms with van der Waals surface area (Å²) in [5.41, 5.74) is 0.693. The van der Waals surface area contributed by atoms with Crippen LogP contribution in [0.3, 0.4) is 0 Å². The SMILES string of the molecule is CC(C)C(=O)Nc1nc(CC(=O)NCCNC2CCCCCC2)cs1. The van der Waals surface area contributed by atoms with Crippen molar-refractivity contribution in [1.82, 2.24) is 15.6 Å². The van der Waals surface area contributed by atoms with Crippen LogP contribution in [-0.2, 0) is 16.0 Å². The second-order valence-electron chi connectivity index (χ2n) is 6.96. The molecule has 1 saturated carbocycles. The number of thiazole rings is 1. The van der Waals surface area contributed by atoms with Gasteiger partial charge < -0.3 is 16.0 Å². The van der Waals surface area contributed by atoms with E-state index >= 15 is 0 Å². The second-order valence-corrected chi connectivity index (χ2v) is 7.82. The summed E-state index contributed by atoms with van der Waals surface area (Å²) in [6.07, 6.45) is 8.06. The lowest BCUT2D eigenvalue weighted by molar-refractivity contribution is -0.120. The van der Waals surface area contributed by atoms with Crippen molar-refractivity contribution in [2.24, 2.45) is 5.92 Å². The minimum Gasteiger partial charge on any atom is -0.354 e. The van der Waals surface area contributed by atoms with E-state index in [9.17, 15) is 9.59 Å². The number of carbonyl (C=O) groups excluding carboxylic acids is 2. The molecule has 140 valence electrons. The van der Waals surface area contributed by atoms with Crippen molar-refractivity contribution < 1.29 is 9.59 Å². The zero-order valence-electron chi connectivity index (χ0n) is 15.3. The molecule has 1 aliphatic carbocycles. The molecule has 1 aliphatic rings. The molecule has 0 spiro atoms. The Labute approximate surface area is 154 Å². The van der Waals surface area contributed by atoms with Gasteiger partial charge >= 0.3 is 0 Å². The van der Waals surface area contributed by atoms with E-state index in [0.29, 0.717) is 23.4 Å². The second kappa shape index (κ2) is 10.5. The highest BCUT2D eigenvalue weighted by atomic mass is 32.1. The van der Waals surface area contributed by atoms with E-state index in [1.54, 1.807) is 0 Å². The van der Waals surface area contributed by atoms with E-state index in [2.05, 4.69) is 20.9 Å². The fourth-order valence-electron chi connectivity index (χ4n) is 2.88. The molecule has 0 aliphatic heterocycles. The first kappa shape index (κ1) is 19.8. The van der Waals surface area contributed by atoms with Crippen LogP contribution in [0.1, 0.15) is 58.1 Å². The summed E-state index contributed by atoms with van der Waals surface area (Å²) in [4.78, 5) is 27.9. The quantitative estimate of drug-likeness (QED) is 0.488. The van der Waals surface area contributed by atoms with Crippen molar-refractivity contribution in [1.29, 1.82) is 0 Å². The molecule has 2 amide bonds. The topological polar surface area (TPSA) is 83.1 Å². The number of carbonyl (C=O) groups is 2. The van der Waals surface area contributed by atoms with Gasteiger partial charge in [-0.2, -0.15) is 0 Å². The maximum Gasteiger partial charge on any atom is 0.228 e. The zero-order chi connectivity index (χ0) is 18.1. The summed E-state index contributed by atoms with van der Waals surface area (Å²) in [6.45, 7) is 5.11. The molecule has 1 fully saturated rings. The summed E-state index contributed by atoms with van der Waals surface area (Å²) in [5.74, 6) is -0.179. The van der Waals surface area contributed by atoms with Gasteiger partial charge in [-0.05, 0) is 12.8 Å². The molecule has 0 saturated heterocycles. The molecule has 0 bridgehead atoms. The number of anilines is 1. The summed E-state index contributed by atoms with van der Waals surface area (Å²) in [7, 11) is 0. The van der Waals surface area contributed by atoms with Gasteiger partial charge in [-0.15, -0.1) is 11.3 Å². The molecule has 0 aromatic carbocycles. The third-order valence-corrected chi connectivity index (χ3v) is 5.19. The smallest absolute Gasteiger partial charge is 0.228 e. The Morgan fingerprint density at radius 1 is 1.20 bits per heavy atom. The van der Waals surface area contributed by atoms with Crippen LogP contribution in [-0.4, -0.2) is 35.9 Å². The number of nitrogens with zero attached hydrogens (tertiary/aromatic N) is 1. The van der Waals surface area contributed by atoms with Crippen molar-refractivity contribution in [3.8, 4) is 0 Å². The number of hydrogen-bond acceptors (Lipinski definition) is 5. The van der Waals surface area contributed by atoms with Crippen molar-refractivity contribution in [3.05, 3.63) is 11.1 Å². The van der Waals surface area contributed by atoms with Crippen LogP contribution in [0.5, 0.6) is 0 Å². The monoisotopic (exact) mass is 366 g/mol. The molecule has 0 atom stereocenters. The number of rotatable bonds is 8. The van der Waals surface area contributed by atoms with E-state index in [-0.39, 0.29) is 24.2 Å². The molecular weight excluding hydrogens is 336 g/mol. The van der Waals surface area contributed by atoms with Crippen LogP contribution in [0.2, 0.25) is 0 Å². The normalized spacial score (nSPS) is 15.8. The van der Waals surface area contributed by atoms with E-state index in [4.69, 9.17) is 0 Å². The van der Waals surface area contributed by atoms with Gasteiger partial charge in [-0.3, -0.25) is 9.59 Å². The van der Waals surface area contributed by atoms with Crippen molar-refractivity contribution in [2.75, 3.05) is 18.4 Å². The van der Waals surface area contributed by atoms with E-state index in [1.165, 1.54) is 49.9 Å². The fourth-order valence-corrected chi connectivity index (χ4v) is 3.60. The molecule has 3 N–H and O–H groups in total. The first-order valence-electron chi connectivity index (χ1n) is 9.30. The summed E-state index contributed by atoms with van der Waals surface area (Å²) >= 11 is 1.35. The van der Waals surface area contributed by atoms with Crippen LogP contribution >= 0.6 is 11.3 Å². The third kappa shape index (κ3) is 7.52. The van der Waals surface area contributed by atoms with E-state index < -0.39 is 0 Å². The third-order valence-electron chi connectivity index (χ3n) is 4.38. The average Bonchev–Trinajstić information content (AvgIpc) is 2.83. The van der Waals surface area contributed by atoms with Gasteiger partial charge in [0.15, 0.2) is 5.13 Å². The van der Waals surface area contributed by atoms with Crippen molar-refractivity contribution in [3.63, 3.8) is 0 Å². The van der Waals surface area contributed by atoms with E-state index in [1.807, 2.05) is 19.2 Å². The first-order chi connectivity index (χ1) is 12.0. The summed E-state index contributed by atoms with van der Waals surface area (Å²) < 4.78 is 0. The Morgan fingerprint density at radius 3 is 2.60 bits per heavy atom. The standard InChI is InChI=1S/C18H30N4O2S/c1-13(2)17(24)22-18-21-15(12-25-18)11-16(23)20-10-9-19-14-7-5-3-4-6-8-14/h12-14,19H,3-11H2,1-2H3,(H,20,23)(H,21,22,24). The molecule has 1 aromatic heterocycles. The molecule has 6 nitrogen and oxygen atoms in total. The molecule has 0 radical (unpaired) electrons. The predicted octanol–water partition coefficient (Wildman–Crippen LogP) is 2.71. The highest BCUT2D eigenvalue weighted by Gasteiger charge is 2.13. The van der Waals surface area contributed by atoms with Gasteiger partial charge in [0.25, 0.3) is 0 Å². The minimum atomic E-state index is -0.0865. The number of aromatic nitrogens is 1. The maximum atomic E-state index is 12.0. The Hall–Kier alpha value is -1.47. The fraction of sp³-hybridized carbons (Fsp3) is 0.722. The van der Waals surface area contributed by atoms with Gasteiger partial charge in [0.1, 0.15) is 0 Å². The van der Waals surface area contributed by atoms with Gasteiger partial charge in [0.05, 0.1) is 12.1 Å². The number of hydrogen-bond donors (Lipinski definition) is 3. The molecule has 1 aromatic rings. The number of amides is 2. The average molecular weight is 367 g/mol. The lowest BCUT2D eigenvalue weighted by atomic mass is 10.1. The summed E-state index contributed by atoms with van der Waals surface area (Å²) in [6, 6.07) is 0.602. The lowest BCUT2D eigenvalue weighted by Crippen LogP contribution is -2.37. The van der Waals surface area contributed by atoms with Crippen LogP contribution in [0.25, 0.3) is 0 Å². The van der Waals surface area contributed by atoms with Crippen molar-refractivity contribution >= 4 is 28.3 Å². The molecule has 7 heteroatoms. The first-order valence-corrected chi connectivity index (χ1v) is 10.2. The van der Waals surface area contributed by atoms with Gasteiger partial charge in [0, 0.05) is 30.4 Å². The van der Waals surface area contributed by atoms with Crippen molar-refractivity contribution in [2.45, 2.75) is 64.8 Å².